The minimum Gasteiger partial charge on any atom is -0.497 e. The SMILES string of the molecule is COc1ccc(OC)c(-n2cncc2C(C)N)c1. The summed E-state index contributed by atoms with van der Waals surface area (Å²) in [5.41, 5.74) is 7.71. The largest absolute Gasteiger partial charge is 0.497 e. The average Bonchev–Trinajstić information content (AvgIpc) is 2.87. The van der Waals surface area contributed by atoms with Gasteiger partial charge in [0.2, 0.25) is 0 Å². The summed E-state index contributed by atoms with van der Waals surface area (Å²) >= 11 is 0. The lowest BCUT2D eigenvalue weighted by Crippen LogP contribution is -2.11. The summed E-state index contributed by atoms with van der Waals surface area (Å²) in [6.45, 7) is 1.92. The topological polar surface area (TPSA) is 62.3 Å². The van der Waals surface area contributed by atoms with Crippen LogP contribution >= 0.6 is 0 Å². The van der Waals surface area contributed by atoms with Gasteiger partial charge in [0.15, 0.2) is 0 Å². The first kappa shape index (κ1) is 12.4. The quantitative estimate of drug-likeness (QED) is 0.896. The Hall–Kier alpha value is -2.01. The lowest BCUT2D eigenvalue weighted by molar-refractivity contribution is 0.401. The van der Waals surface area contributed by atoms with E-state index in [4.69, 9.17) is 15.2 Å². The molecule has 2 N–H and O–H groups in total. The van der Waals surface area contributed by atoms with Gasteiger partial charge >= 0.3 is 0 Å². The van der Waals surface area contributed by atoms with Gasteiger partial charge in [0, 0.05) is 12.1 Å². The standard InChI is InChI=1S/C13H17N3O2/c1-9(14)12-7-15-8-16(12)11-6-10(17-2)4-5-13(11)18-3/h4-9H,14H2,1-3H3. The third-order valence-electron chi connectivity index (χ3n) is 2.78. The third kappa shape index (κ3) is 2.17. The number of rotatable bonds is 4. The highest BCUT2D eigenvalue weighted by Crippen LogP contribution is 2.29. The Morgan fingerprint density at radius 1 is 1.28 bits per heavy atom. The van der Waals surface area contributed by atoms with E-state index >= 15 is 0 Å². The Morgan fingerprint density at radius 2 is 2.06 bits per heavy atom. The number of nitrogens with zero attached hydrogens (tertiary/aromatic N) is 2. The molecular formula is C13H17N3O2. The second-order valence-corrected chi connectivity index (χ2v) is 4.01. The molecule has 5 nitrogen and oxygen atoms in total. The van der Waals surface area contributed by atoms with Crippen molar-refractivity contribution in [1.82, 2.24) is 9.55 Å². The number of aromatic nitrogens is 2. The van der Waals surface area contributed by atoms with Crippen molar-refractivity contribution < 1.29 is 9.47 Å². The smallest absolute Gasteiger partial charge is 0.143 e. The van der Waals surface area contributed by atoms with Crippen molar-refractivity contribution >= 4 is 0 Å². The number of hydrogen-bond donors (Lipinski definition) is 1. The van der Waals surface area contributed by atoms with E-state index in [1.54, 1.807) is 26.7 Å². The van der Waals surface area contributed by atoms with Crippen LogP contribution in [0.5, 0.6) is 11.5 Å². The minimum absolute atomic E-state index is 0.108. The molecule has 0 bridgehead atoms. The number of imidazole rings is 1. The number of benzene rings is 1. The molecule has 1 aromatic heterocycles. The molecule has 0 saturated heterocycles. The molecule has 96 valence electrons. The van der Waals surface area contributed by atoms with Crippen molar-refractivity contribution in [1.29, 1.82) is 0 Å². The summed E-state index contributed by atoms with van der Waals surface area (Å²) in [5.74, 6) is 1.51. The monoisotopic (exact) mass is 247 g/mol. The van der Waals surface area contributed by atoms with E-state index in [-0.39, 0.29) is 6.04 Å². The zero-order chi connectivity index (χ0) is 13.1. The van der Waals surface area contributed by atoms with Crippen LogP contribution in [-0.4, -0.2) is 23.8 Å². The number of methoxy groups -OCH3 is 2. The average molecular weight is 247 g/mol. The molecule has 0 saturated carbocycles. The van der Waals surface area contributed by atoms with Crippen LogP contribution in [0, 0.1) is 0 Å². The maximum atomic E-state index is 5.93. The Balaban J connectivity index is 2.57. The lowest BCUT2D eigenvalue weighted by Gasteiger charge is -2.15. The summed E-state index contributed by atoms with van der Waals surface area (Å²) in [6.07, 6.45) is 3.47. The maximum absolute atomic E-state index is 5.93. The number of hydrogen-bond acceptors (Lipinski definition) is 4. The van der Waals surface area contributed by atoms with Gasteiger partial charge in [-0.25, -0.2) is 4.98 Å². The zero-order valence-electron chi connectivity index (χ0n) is 10.8. The number of nitrogens with two attached hydrogens (primary N) is 1. The van der Waals surface area contributed by atoms with Crippen LogP contribution in [0.3, 0.4) is 0 Å². The van der Waals surface area contributed by atoms with Crippen LogP contribution in [0.4, 0.5) is 0 Å². The number of ether oxygens (including phenoxy) is 2. The van der Waals surface area contributed by atoms with Crippen molar-refractivity contribution in [2.24, 2.45) is 5.73 Å². The van der Waals surface area contributed by atoms with Gasteiger partial charge < -0.3 is 15.2 Å². The molecule has 1 aromatic carbocycles. The molecule has 1 atom stereocenters. The Kier molecular flexibility index (Phi) is 3.53. The third-order valence-corrected chi connectivity index (χ3v) is 2.78. The van der Waals surface area contributed by atoms with Crippen LogP contribution in [0.25, 0.3) is 5.69 Å². The highest BCUT2D eigenvalue weighted by Gasteiger charge is 2.13. The summed E-state index contributed by atoms with van der Waals surface area (Å²) < 4.78 is 12.5. The zero-order valence-corrected chi connectivity index (χ0v) is 10.8. The molecule has 18 heavy (non-hydrogen) atoms. The predicted molar refractivity (Wildman–Crippen MR) is 69.3 cm³/mol. The fourth-order valence-electron chi connectivity index (χ4n) is 1.83. The Bertz CT molecular complexity index is 535. The molecule has 1 heterocycles. The van der Waals surface area contributed by atoms with Crippen molar-refractivity contribution in [2.75, 3.05) is 14.2 Å². The van der Waals surface area contributed by atoms with E-state index in [0.717, 1.165) is 22.9 Å². The molecule has 0 fully saturated rings. The molecule has 0 aliphatic rings. The second-order valence-electron chi connectivity index (χ2n) is 4.01. The maximum Gasteiger partial charge on any atom is 0.143 e. The van der Waals surface area contributed by atoms with Gasteiger partial charge in [0.05, 0.1) is 38.1 Å². The molecule has 0 aliphatic heterocycles. The van der Waals surface area contributed by atoms with Crippen LogP contribution < -0.4 is 15.2 Å². The molecule has 1 unspecified atom stereocenters. The Morgan fingerprint density at radius 3 is 2.67 bits per heavy atom. The van der Waals surface area contributed by atoms with Crippen molar-refractivity contribution in [3.05, 3.63) is 36.4 Å². The van der Waals surface area contributed by atoms with Crippen LogP contribution in [0.1, 0.15) is 18.7 Å². The second kappa shape index (κ2) is 5.10. The van der Waals surface area contributed by atoms with Gasteiger partial charge in [-0.3, -0.25) is 4.57 Å². The van der Waals surface area contributed by atoms with Gasteiger partial charge in [-0.2, -0.15) is 0 Å². The summed E-state index contributed by atoms with van der Waals surface area (Å²) in [5, 5.41) is 0. The highest BCUT2D eigenvalue weighted by molar-refractivity contribution is 5.52. The van der Waals surface area contributed by atoms with E-state index in [0.29, 0.717) is 0 Å². The lowest BCUT2D eigenvalue weighted by atomic mass is 10.2. The Labute approximate surface area is 106 Å². The first-order valence-corrected chi connectivity index (χ1v) is 5.67. The summed E-state index contributed by atoms with van der Waals surface area (Å²) in [7, 11) is 3.26. The van der Waals surface area contributed by atoms with Gasteiger partial charge in [0.1, 0.15) is 11.5 Å². The first-order valence-electron chi connectivity index (χ1n) is 5.67. The fourth-order valence-corrected chi connectivity index (χ4v) is 1.83. The molecule has 0 spiro atoms. The van der Waals surface area contributed by atoms with Crippen LogP contribution in [0.15, 0.2) is 30.7 Å². The van der Waals surface area contributed by atoms with E-state index < -0.39 is 0 Å². The molecule has 0 radical (unpaired) electrons. The highest BCUT2D eigenvalue weighted by atomic mass is 16.5. The first-order chi connectivity index (χ1) is 8.67. The van der Waals surface area contributed by atoms with E-state index in [2.05, 4.69) is 4.98 Å². The van der Waals surface area contributed by atoms with E-state index in [1.807, 2.05) is 29.7 Å². The van der Waals surface area contributed by atoms with Gasteiger partial charge in [0.25, 0.3) is 0 Å². The van der Waals surface area contributed by atoms with Crippen molar-refractivity contribution in [3.8, 4) is 17.2 Å². The predicted octanol–water partition coefficient (Wildman–Crippen LogP) is 1.91. The van der Waals surface area contributed by atoms with Crippen molar-refractivity contribution in [2.45, 2.75) is 13.0 Å². The molecule has 0 amide bonds. The van der Waals surface area contributed by atoms with Gasteiger partial charge in [-0.1, -0.05) is 0 Å². The van der Waals surface area contributed by atoms with Crippen molar-refractivity contribution in [3.63, 3.8) is 0 Å². The van der Waals surface area contributed by atoms with Gasteiger partial charge in [-0.15, -0.1) is 0 Å². The fraction of sp³-hybridized carbons (Fsp3) is 0.308. The van der Waals surface area contributed by atoms with Crippen LogP contribution in [-0.2, 0) is 0 Å². The minimum atomic E-state index is -0.108. The normalized spacial score (nSPS) is 12.2. The molecule has 2 aromatic rings. The molecule has 5 heteroatoms. The van der Waals surface area contributed by atoms with Crippen LogP contribution in [0.2, 0.25) is 0 Å². The molecular weight excluding hydrogens is 230 g/mol. The van der Waals surface area contributed by atoms with E-state index in [9.17, 15) is 0 Å². The molecule has 0 aliphatic carbocycles. The van der Waals surface area contributed by atoms with Gasteiger partial charge in [-0.05, 0) is 19.1 Å². The summed E-state index contributed by atoms with van der Waals surface area (Å²) in [4.78, 5) is 4.14. The van der Waals surface area contributed by atoms with E-state index in [1.165, 1.54) is 0 Å². The molecule has 2 rings (SSSR count). The summed E-state index contributed by atoms with van der Waals surface area (Å²) in [6, 6.07) is 5.50.